The molecule has 1 heterocycles. The van der Waals surface area contributed by atoms with Gasteiger partial charge in [-0.3, -0.25) is 14.5 Å². The molecule has 1 atom stereocenters. The SMILES string of the molecule is COC(=O)C(C)(C)CN1CCCCC1CC(C)=O. The van der Waals surface area contributed by atoms with Crippen molar-refractivity contribution in [2.45, 2.75) is 52.5 Å². The van der Waals surface area contributed by atoms with Gasteiger partial charge in [-0.15, -0.1) is 0 Å². The third kappa shape index (κ3) is 4.09. The molecule has 4 heteroatoms. The van der Waals surface area contributed by atoms with E-state index in [9.17, 15) is 9.59 Å². The normalized spacial score (nSPS) is 21.7. The van der Waals surface area contributed by atoms with Crippen LogP contribution in [0.5, 0.6) is 0 Å². The molecule has 104 valence electrons. The highest BCUT2D eigenvalue weighted by atomic mass is 16.5. The van der Waals surface area contributed by atoms with Gasteiger partial charge in [-0.1, -0.05) is 6.42 Å². The van der Waals surface area contributed by atoms with Gasteiger partial charge in [0.1, 0.15) is 5.78 Å². The van der Waals surface area contributed by atoms with Gasteiger partial charge in [-0.25, -0.2) is 0 Å². The molecule has 0 N–H and O–H groups in total. The molecule has 0 amide bonds. The lowest BCUT2D eigenvalue weighted by Gasteiger charge is -2.39. The molecule has 4 nitrogen and oxygen atoms in total. The lowest BCUT2D eigenvalue weighted by Crippen LogP contribution is -2.47. The van der Waals surface area contributed by atoms with Crippen molar-refractivity contribution in [3.63, 3.8) is 0 Å². The molecule has 0 radical (unpaired) electrons. The number of carbonyl (C=O) groups is 2. The zero-order valence-corrected chi connectivity index (χ0v) is 12.0. The number of nitrogens with zero attached hydrogens (tertiary/aromatic N) is 1. The number of likely N-dealkylation sites (tertiary alicyclic amines) is 1. The van der Waals surface area contributed by atoms with Crippen molar-refractivity contribution >= 4 is 11.8 Å². The van der Waals surface area contributed by atoms with Gasteiger partial charge in [0.05, 0.1) is 12.5 Å². The summed E-state index contributed by atoms with van der Waals surface area (Å²) < 4.78 is 4.84. The van der Waals surface area contributed by atoms with Crippen molar-refractivity contribution in [3.8, 4) is 0 Å². The molecule has 0 aromatic rings. The molecule has 1 aliphatic rings. The number of piperidine rings is 1. The Kier molecular flexibility index (Phi) is 5.32. The Morgan fingerprint density at radius 1 is 1.33 bits per heavy atom. The number of ether oxygens (including phenoxy) is 1. The fourth-order valence-corrected chi connectivity index (χ4v) is 2.68. The van der Waals surface area contributed by atoms with E-state index < -0.39 is 5.41 Å². The van der Waals surface area contributed by atoms with Crippen LogP contribution < -0.4 is 0 Å². The molecule has 1 fully saturated rings. The molecular formula is C14H25NO3. The van der Waals surface area contributed by atoms with Gasteiger partial charge < -0.3 is 4.74 Å². The predicted octanol–water partition coefficient (Wildman–Crippen LogP) is 2.02. The van der Waals surface area contributed by atoms with E-state index in [2.05, 4.69) is 4.90 Å². The summed E-state index contributed by atoms with van der Waals surface area (Å²) in [6.07, 6.45) is 3.97. The Morgan fingerprint density at radius 2 is 2.00 bits per heavy atom. The average Bonchev–Trinajstić information content (AvgIpc) is 2.29. The van der Waals surface area contributed by atoms with E-state index >= 15 is 0 Å². The first-order chi connectivity index (χ1) is 8.36. The van der Waals surface area contributed by atoms with E-state index in [-0.39, 0.29) is 11.8 Å². The number of hydrogen-bond donors (Lipinski definition) is 0. The number of hydrogen-bond acceptors (Lipinski definition) is 4. The molecule has 0 aromatic heterocycles. The highest BCUT2D eigenvalue weighted by Crippen LogP contribution is 2.26. The maximum absolute atomic E-state index is 11.7. The van der Waals surface area contributed by atoms with Crippen LogP contribution in [0.15, 0.2) is 0 Å². The maximum Gasteiger partial charge on any atom is 0.312 e. The fraction of sp³-hybridized carbons (Fsp3) is 0.857. The van der Waals surface area contributed by atoms with E-state index in [1.165, 1.54) is 13.5 Å². The topological polar surface area (TPSA) is 46.6 Å². The zero-order valence-electron chi connectivity index (χ0n) is 12.0. The van der Waals surface area contributed by atoms with Gasteiger partial charge in [-0.2, -0.15) is 0 Å². The molecule has 0 saturated carbocycles. The first-order valence-electron chi connectivity index (χ1n) is 6.68. The van der Waals surface area contributed by atoms with Gasteiger partial charge in [-0.05, 0) is 40.2 Å². The van der Waals surface area contributed by atoms with Crippen LogP contribution in [0.1, 0.15) is 46.5 Å². The Hall–Kier alpha value is -0.900. The highest BCUT2D eigenvalue weighted by molar-refractivity contribution is 5.76. The maximum atomic E-state index is 11.7. The van der Waals surface area contributed by atoms with Crippen LogP contribution in [-0.4, -0.2) is 42.9 Å². The second-order valence-corrected chi connectivity index (χ2v) is 5.90. The Morgan fingerprint density at radius 3 is 2.56 bits per heavy atom. The van der Waals surface area contributed by atoms with E-state index in [4.69, 9.17) is 4.74 Å². The molecule has 0 aliphatic carbocycles. The second kappa shape index (κ2) is 6.32. The quantitative estimate of drug-likeness (QED) is 0.705. The number of Topliss-reactive ketones (excluding diaryl/α,β-unsaturated/α-hetero) is 1. The van der Waals surface area contributed by atoms with Crippen molar-refractivity contribution in [3.05, 3.63) is 0 Å². The number of rotatable bonds is 5. The summed E-state index contributed by atoms with van der Waals surface area (Å²) in [7, 11) is 1.42. The van der Waals surface area contributed by atoms with Crippen molar-refractivity contribution in [1.82, 2.24) is 4.90 Å². The summed E-state index contributed by atoms with van der Waals surface area (Å²) in [5.41, 5.74) is -0.513. The van der Waals surface area contributed by atoms with Gasteiger partial charge in [0.25, 0.3) is 0 Å². The molecule has 1 aliphatic heterocycles. The van der Waals surface area contributed by atoms with E-state index in [0.29, 0.717) is 19.0 Å². The Balaban J connectivity index is 2.66. The van der Waals surface area contributed by atoms with Crippen molar-refractivity contribution in [2.75, 3.05) is 20.2 Å². The fourth-order valence-electron chi connectivity index (χ4n) is 2.68. The number of ketones is 1. The molecule has 0 spiro atoms. The Bertz CT molecular complexity index is 312. The van der Waals surface area contributed by atoms with Crippen molar-refractivity contribution in [2.24, 2.45) is 5.41 Å². The lowest BCUT2D eigenvalue weighted by atomic mass is 9.89. The average molecular weight is 255 g/mol. The third-order valence-electron chi connectivity index (χ3n) is 3.61. The van der Waals surface area contributed by atoms with E-state index in [1.807, 2.05) is 13.8 Å². The first kappa shape index (κ1) is 15.2. The van der Waals surface area contributed by atoms with Crippen LogP contribution in [0.4, 0.5) is 0 Å². The number of esters is 1. The number of methoxy groups -OCH3 is 1. The minimum atomic E-state index is -0.513. The monoisotopic (exact) mass is 255 g/mol. The minimum Gasteiger partial charge on any atom is -0.469 e. The van der Waals surface area contributed by atoms with Crippen LogP contribution >= 0.6 is 0 Å². The minimum absolute atomic E-state index is 0.186. The van der Waals surface area contributed by atoms with Crippen LogP contribution in [0.25, 0.3) is 0 Å². The largest absolute Gasteiger partial charge is 0.469 e. The molecule has 0 aromatic carbocycles. The van der Waals surface area contributed by atoms with Crippen LogP contribution in [0.3, 0.4) is 0 Å². The molecule has 1 saturated heterocycles. The van der Waals surface area contributed by atoms with E-state index in [0.717, 1.165) is 19.4 Å². The summed E-state index contributed by atoms with van der Waals surface area (Å²) in [5, 5.41) is 0. The summed E-state index contributed by atoms with van der Waals surface area (Å²) in [4.78, 5) is 25.3. The number of carbonyl (C=O) groups excluding carboxylic acids is 2. The summed E-state index contributed by atoms with van der Waals surface area (Å²) in [5.74, 6) is 0.0393. The summed E-state index contributed by atoms with van der Waals surface area (Å²) in [6, 6.07) is 0.292. The van der Waals surface area contributed by atoms with Crippen molar-refractivity contribution < 1.29 is 14.3 Å². The molecule has 1 rings (SSSR count). The van der Waals surface area contributed by atoms with Gasteiger partial charge in [0.15, 0.2) is 0 Å². The Labute approximate surface area is 110 Å². The summed E-state index contributed by atoms with van der Waals surface area (Å²) in [6.45, 7) is 7.07. The van der Waals surface area contributed by atoms with Gasteiger partial charge in [0.2, 0.25) is 0 Å². The molecule has 1 unspecified atom stereocenters. The van der Waals surface area contributed by atoms with Crippen molar-refractivity contribution in [1.29, 1.82) is 0 Å². The third-order valence-corrected chi connectivity index (χ3v) is 3.61. The summed E-state index contributed by atoms with van der Waals surface area (Å²) >= 11 is 0. The molecule has 18 heavy (non-hydrogen) atoms. The predicted molar refractivity (Wildman–Crippen MR) is 70.3 cm³/mol. The van der Waals surface area contributed by atoms with Crippen LogP contribution in [0, 0.1) is 5.41 Å². The van der Waals surface area contributed by atoms with Gasteiger partial charge in [0, 0.05) is 19.0 Å². The van der Waals surface area contributed by atoms with Gasteiger partial charge >= 0.3 is 5.97 Å². The second-order valence-electron chi connectivity index (χ2n) is 5.90. The smallest absolute Gasteiger partial charge is 0.312 e. The highest BCUT2D eigenvalue weighted by Gasteiger charge is 2.34. The standard InChI is InChI=1S/C14H25NO3/c1-11(16)9-12-7-5-6-8-15(12)10-14(2,3)13(17)18-4/h12H,5-10H2,1-4H3. The first-order valence-corrected chi connectivity index (χ1v) is 6.68. The van der Waals surface area contributed by atoms with Crippen LogP contribution in [-0.2, 0) is 14.3 Å². The van der Waals surface area contributed by atoms with E-state index in [1.54, 1.807) is 6.92 Å². The molecular weight excluding hydrogens is 230 g/mol. The molecule has 0 bridgehead atoms. The zero-order chi connectivity index (χ0) is 13.8. The lowest BCUT2D eigenvalue weighted by molar-refractivity contribution is -0.152. The van der Waals surface area contributed by atoms with Crippen LogP contribution in [0.2, 0.25) is 0 Å².